The fraction of sp³-hybridized carbons (Fsp3) is 0.455. The first kappa shape index (κ1) is 17.1. The summed E-state index contributed by atoms with van der Waals surface area (Å²) in [6.07, 6.45) is 7.53. The Morgan fingerprint density at radius 3 is 2.73 bits per heavy atom. The molecule has 1 saturated carbocycles. The van der Waals surface area contributed by atoms with Gasteiger partial charge in [0.15, 0.2) is 0 Å². The molecule has 1 aliphatic heterocycles. The second-order valence-corrected chi connectivity index (χ2v) is 7.49. The molecule has 2 aliphatic rings. The van der Waals surface area contributed by atoms with E-state index in [-0.39, 0.29) is 17.7 Å². The second kappa shape index (κ2) is 7.10. The maximum Gasteiger partial charge on any atom is 0.258 e. The number of nitrogens with one attached hydrogen (secondary N) is 1. The van der Waals surface area contributed by atoms with Crippen molar-refractivity contribution in [3.63, 3.8) is 0 Å². The van der Waals surface area contributed by atoms with E-state index in [1.807, 2.05) is 35.2 Å². The van der Waals surface area contributed by atoms with Crippen molar-refractivity contribution < 1.29 is 9.59 Å². The van der Waals surface area contributed by atoms with Crippen LogP contribution in [0.25, 0.3) is 10.8 Å². The van der Waals surface area contributed by atoms with Gasteiger partial charge in [-0.05, 0) is 37.5 Å². The number of rotatable bonds is 5. The molecular formula is C22H26N2O2. The molecule has 0 unspecified atom stereocenters. The number of amides is 2. The number of benzene rings is 2. The number of unbranched alkanes of at least 4 members (excludes halogenated alkanes) is 1. The van der Waals surface area contributed by atoms with Crippen LogP contribution in [0.5, 0.6) is 0 Å². The topological polar surface area (TPSA) is 49.4 Å². The van der Waals surface area contributed by atoms with Gasteiger partial charge in [-0.15, -0.1) is 0 Å². The van der Waals surface area contributed by atoms with Crippen LogP contribution >= 0.6 is 0 Å². The molecule has 0 radical (unpaired) electrons. The molecule has 0 spiro atoms. The summed E-state index contributed by atoms with van der Waals surface area (Å²) < 4.78 is 0. The molecule has 4 nitrogen and oxygen atoms in total. The van der Waals surface area contributed by atoms with Crippen LogP contribution in [0.1, 0.15) is 62.2 Å². The number of anilines is 2. The lowest BCUT2D eigenvalue weighted by Gasteiger charge is -2.21. The van der Waals surface area contributed by atoms with E-state index < -0.39 is 0 Å². The first-order chi connectivity index (χ1) is 12.7. The lowest BCUT2D eigenvalue weighted by molar-refractivity contribution is -0.120. The summed E-state index contributed by atoms with van der Waals surface area (Å²) in [5, 5.41) is 5.09. The summed E-state index contributed by atoms with van der Waals surface area (Å²) in [6, 6.07) is 9.77. The third-order valence-corrected chi connectivity index (χ3v) is 5.75. The first-order valence-electron chi connectivity index (χ1n) is 9.89. The zero-order valence-electron chi connectivity index (χ0n) is 15.4. The van der Waals surface area contributed by atoms with Crippen molar-refractivity contribution in [3.8, 4) is 0 Å². The fourth-order valence-electron chi connectivity index (χ4n) is 4.29. The molecular weight excluding hydrogens is 324 g/mol. The average Bonchev–Trinajstić information content (AvgIpc) is 2.96. The van der Waals surface area contributed by atoms with E-state index in [1.54, 1.807) is 0 Å². The van der Waals surface area contributed by atoms with Gasteiger partial charge in [0, 0.05) is 34.5 Å². The van der Waals surface area contributed by atoms with Gasteiger partial charge in [0.2, 0.25) is 5.91 Å². The SMILES string of the molecule is CCCCN1C(=O)c2cccc3c(NC(=O)C4CCCCC4)ccc1c23. The summed E-state index contributed by atoms with van der Waals surface area (Å²) in [5.74, 6) is 0.321. The van der Waals surface area contributed by atoms with Crippen LogP contribution in [-0.4, -0.2) is 18.4 Å². The number of hydrogen-bond acceptors (Lipinski definition) is 2. The van der Waals surface area contributed by atoms with Gasteiger partial charge in [0.1, 0.15) is 0 Å². The van der Waals surface area contributed by atoms with Crippen molar-refractivity contribution in [2.24, 2.45) is 5.92 Å². The van der Waals surface area contributed by atoms with Gasteiger partial charge in [-0.3, -0.25) is 9.59 Å². The zero-order chi connectivity index (χ0) is 18.1. The molecule has 136 valence electrons. The molecule has 1 N–H and O–H groups in total. The van der Waals surface area contributed by atoms with Gasteiger partial charge in [-0.25, -0.2) is 0 Å². The molecule has 2 aromatic rings. The van der Waals surface area contributed by atoms with Gasteiger partial charge in [-0.2, -0.15) is 0 Å². The van der Waals surface area contributed by atoms with E-state index in [0.29, 0.717) is 0 Å². The quantitative estimate of drug-likeness (QED) is 0.814. The molecule has 0 bridgehead atoms. The summed E-state index contributed by atoms with van der Waals surface area (Å²) in [7, 11) is 0. The molecule has 26 heavy (non-hydrogen) atoms. The average molecular weight is 350 g/mol. The van der Waals surface area contributed by atoms with Crippen molar-refractivity contribution in [2.75, 3.05) is 16.8 Å². The maximum absolute atomic E-state index is 12.8. The maximum atomic E-state index is 12.8. The molecule has 1 heterocycles. The van der Waals surface area contributed by atoms with Crippen LogP contribution in [0.15, 0.2) is 30.3 Å². The van der Waals surface area contributed by atoms with Crippen molar-refractivity contribution in [1.82, 2.24) is 0 Å². The zero-order valence-corrected chi connectivity index (χ0v) is 15.4. The summed E-state index contributed by atoms with van der Waals surface area (Å²) in [6.45, 7) is 2.88. The Morgan fingerprint density at radius 2 is 1.96 bits per heavy atom. The highest BCUT2D eigenvalue weighted by Gasteiger charge is 2.30. The molecule has 1 aliphatic carbocycles. The standard InChI is InChI=1S/C22H26N2O2/c1-2-3-14-24-19-13-12-18(23-21(25)15-8-5-4-6-9-15)16-10-7-11-17(20(16)19)22(24)26/h7,10-13,15H,2-6,8-9,14H2,1H3,(H,23,25). The molecule has 4 heteroatoms. The lowest BCUT2D eigenvalue weighted by atomic mass is 9.88. The van der Waals surface area contributed by atoms with E-state index in [1.165, 1.54) is 6.42 Å². The van der Waals surface area contributed by atoms with Crippen molar-refractivity contribution >= 4 is 34.0 Å². The second-order valence-electron chi connectivity index (χ2n) is 7.49. The van der Waals surface area contributed by atoms with Gasteiger partial charge in [0.05, 0.1) is 5.69 Å². The minimum absolute atomic E-state index is 0.0785. The van der Waals surface area contributed by atoms with Crippen molar-refractivity contribution in [3.05, 3.63) is 35.9 Å². The van der Waals surface area contributed by atoms with Gasteiger partial charge in [-0.1, -0.05) is 44.7 Å². The largest absolute Gasteiger partial charge is 0.325 e. The predicted molar refractivity (Wildman–Crippen MR) is 106 cm³/mol. The van der Waals surface area contributed by atoms with Crippen molar-refractivity contribution in [1.29, 1.82) is 0 Å². The minimum Gasteiger partial charge on any atom is -0.325 e. The molecule has 0 atom stereocenters. The number of nitrogens with zero attached hydrogens (tertiary/aromatic N) is 1. The van der Waals surface area contributed by atoms with E-state index in [4.69, 9.17) is 0 Å². The molecule has 1 fully saturated rings. The van der Waals surface area contributed by atoms with Crippen LogP contribution in [0.2, 0.25) is 0 Å². The van der Waals surface area contributed by atoms with Gasteiger partial charge in [0.25, 0.3) is 5.91 Å². The van der Waals surface area contributed by atoms with Crippen LogP contribution < -0.4 is 10.2 Å². The van der Waals surface area contributed by atoms with Crippen LogP contribution in [0.3, 0.4) is 0 Å². The number of carbonyl (C=O) groups is 2. The summed E-state index contributed by atoms with van der Waals surface area (Å²) in [5.41, 5.74) is 2.55. The Balaban J connectivity index is 1.68. The molecule has 4 rings (SSSR count). The van der Waals surface area contributed by atoms with E-state index in [9.17, 15) is 9.59 Å². The summed E-state index contributed by atoms with van der Waals surface area (Å²) in [4.78, 5) is 27.4. The Morgan fingerprint density at radius 1 is 1.15 bits per heavy atom. The van der Waals surface area contributed by atoms with Crippen molar-refractivity contribution in [2.45, 2.75) is 51.9 Å². The highest BCUT2D eigenvalue weighted by atomic mass is 16.2. The third kappa shape index (κ3) is 2.87. The smallest absolute Gasteiger partial charge is 0.258 e. The third-order valence-electron chi connectivity index (χ3n) is 5.75. The highest BCUT2D eigenvalue weighted by molar-refractivity contribution is 6.27. The number of carbonyl (C=O) groups excluding carboxylic acids is 2. The Hall–Kier alpha value is -2.36. The minimum atomic E-state index is 0.0785. The lowest BCUT2D eigenvalue weighted by Crippen LogP contribution is -2.27. The Kier molecular flexibility index (Phi) is 4.66. The normalized spacial score (nSPS) is 17.1. The highest BCUT2D eigenvalue weighted by Crippen LogP contribution is 2.41. The predicted octanol–water partition coefficient (Wildman–Crippen LogP) is 5.12. The van der Waals surface area contributed by atoms with Gasteiger partial charge < -0.3 is 10.2 Å². The number of hydrogen-bond donors (Lipinski definition) is 1. The van der Waals surface area contributed by atoms with Crippen LogP contribution in [0, 0.1) is 5.92 Å². The fourth-order valence-corrected chi connectivity index (χ4v) is 4.29. The molecule has 0 aromatic heterocycles. The first-order valence-corrected chi connectivity index (χ1v) is 9.89. The monoisotopic (exact) mass is 350 g/mol. The van der Waals surface area contributed by atoms with Crippen LogP contribution in [-0.2, 0) is 4.79 Å². The van der Waals surface area contributed by atoms with E-state index in [0.717, 1.165) is 72.8 Å². The van der Waals surface area contributed by atoms with E-state index >= 15 is 0 Å². The molecule has 2 amide bonds. The van der Waals surface area contributed by atoms with E-state index in [2.05, 4.69) is 12.2 Å². The summed E-state index contributed by atoms with van der Waals surface area (Å²) >= 11 is 0. The Labute approximate surface area is 154 Å². The Bertz CT molecular complexity index is 853. The van der Waals surface area contributed by atoms with Crippen LogP contribution in [0.4, 0.5) is 11.4 Å². The van der Waals surface area contributed by atoms with Gasteiger partial charge >= 0.3 is 0 Å². The molecule has 0 saturated heterocycles. The molecule has 2 aromatic carbocycles.